The summed E-state index contributed by atoms with van der Waals surface area (Å²) in [4.78, 5) is 16.3. The number of ether oxygens (including phenoxy) is 3. The second kappa shape index (κ2) is 12.3. The molecule has 3 aromatic rings. The Morgan fingerprint density at radius 1 is 1.03 bits per heavy atom. The second-order valence-electron chi connectivity index (χ2n) is 9.57. The van der Waals surface area contributed by atoms with Gasteiger partial charge in [0.05, 0.1) is 32.0 Å². The van der Waals surface area contributed by atoms with Gasteiger partial charge in [0.2, 0.25) is 5.89 Å². The third kappa shape index (κ3) is 7.26. The van der Waals surface area contributed by atoms with Crippen molar-refractivity contribution in [3.8, 4) is 11.5 Å². The van der Waals surface area contributed by atoms with Gasteiger partial charge in [0.15, 0.2) is 6.10 Å². The van der Waals surface area contributed by atoms with Crippen molar-refractivity contribution < 1.29 is 28.5 Å². The Labute approximate surface area is 212 Å². The van der Waals surface area contributed by atoms with Crippen LogP contribution in [0.25, 0.3) is 11.5 Å². The molecule has 1 heterocycles. The molecule has 1 fully saturated rings. The fraction of sp³-hybridized carbons (Fsp3) is 0.448. The Bertz CT molecular complexity index is 1140. The van der Waals surface area contributed by atoms with E-state index in [9.17, 15) is 9.90 Å². The van der Waals surface area contributed by atoms with Gasteiger partial charge in [-0.25, -0.2) is 9.78 Å². The highest BCUT2D eigenvalue weighted by Gasteiger charge is 2.27. The zero-order chi connectivity index (χ0) is 25.5. The zero-order valence-electron chi connectivity index (χ0n) is 21.2. The average molecular weight is 494 g/mol. The summed E-state index contributed by atoms with van der Waals surface area (Å²) < 4.78 is 23.7. The summed E-state index contributed by atoms with van der Waals surface area (Å²) in [5.74, 6) is 0.340. The van der Waals surface area contributed by atoms with Crippen LogP contribution in [0.2, 0.25) is 0 Å². The van der Waals surface area contributed by atoms with Gasteiger partial charge in [0.1, 0.15) is 11.5 Å². The minimum Gasteiger partial charge on any atom is -0.479 e. The third-order valence-electron chi connectivity index (χ3n) is 6.52. The Kier molecular flexibility index (Phi) is 8.91. The molecule has 4 rings (SSSR count). The van der Waals surface area contributed by atoms with Crippen LogP contribution in [0.15, 0.2) is 52.9 Å². The highest BCUT2D eigenvalue weighted by atomic mass is 16.6. The van der Waals surface area contributed by atoms with Gasteiger partial charge in [-0.1, -0.05) is 47.5 Å². The Balaban J connectivity index is 1.25. The van der Waals surface area contributed by atoms with Gasteiger partial charge in [-0.15, -0.1) is 0 Å². The number of nitrogens with zero attached hydrogens (tertiary/aromatic N) is 1. The molecule has 0 bridgehead atoms. The summed E-state index contributed by atoms with van der Waals surface area (Å²) in [7, 11) is 0. The highest BCUT2D eigenvalue weighted by Crippen LogP contribution is 2.27. The number of hydrogen-bond donors (Lipinski definition) is 1. The van der Waals surface area contributed by atoms with Gasteiger partial charge in [-0.2, -0.15) is 0 Å². The number of carbonyl (C=O) groups is 1. The summed E-state index contributed by atoms with van der Waals surface area (Å²) in [5, 5.41) is 9.57. The standard InChI is InChI=1S/C29H35NO6/c1-19-10-12-22(13-11-19)16-35-27(29(31)32)18-34-25-9-5-8-24(15-25)33-17-26-21(3)36-28(30-26)23-7-4-6-20(2)14-23/h4,6-7,10-14,24-25,27H,5,8-9,15-18H2,1-3H3,(H,31,32)/t24-,25+,27?/m0/s1. The van der Waals surface area contributed by atoms with Crippen molar-refractivity contribution in [1.82, 2.24) is 4.98 Å². The summed E-state index contributed by atoms with van der Waals surface area (Å²) in [6, 6.07) is 15.9. The molecule has 192 valence electrons. The largest absolute Gasteiger partial charge is 0.479 e. The molecule has 1 saturated carbocycles. The number of carboxylic acid groups (broad SMARTS) is 1. The normalized spacial score (nSPS) is 18.8. The number of rotatable bonds is 11. The SMILES string of the molecule is Cc1ccc(COC(CO[C@@H]2CCC[C@H](OCc3nc(-c4cccc(C)c4)oc3C)C2)C(=O)O)cc1. The number of aryl methyl sites for hydroxylation is 3. The first-order valence-electron chi connectivity index (χ1n) is 12.5. The molecule has 2 aromatic carbocycles. The Hall–Kier alpha value is -3.00. The van der Waals surface area contributed by atoms with Crippen molar-refractivity contribution in [2.24, 2.45) is 0 Å². The zero-order valence-corrected chi connectivity index (χ0v) is 21.2. The molecule has 7 nitrogen and oxygen atoms in total. The number of aromatic nitrogens is 1. The second-order valence-corrected chi connectivity index (χ2v) is 9.57. The van der Waals surface area contributed by atoms with E-state index >= 15 is 0 Å². The maximum absolute atomic E-state index is 11.7. The summed E-state index contributed by atoms with van der Waals surface area (Å²) in [6.07, 6.45) is 2.45. The molecule has 7 heteroatoms. The highest BCUT2D eigenvalue weighted by molar-refractivity contribution is 5.72. The average Bonchev–Trinajstić information content (AvgIpc) is 3.24. The lowest BCUT2D eigenvalue weighted by Crippen LogP contribution is -2.34. The molecule has 0 aliphatic heterocycles. The van der Waals surface area contributed by atoms with Gasteiger partial charge in [0.25, 0.3) is 0 Å². The van der Waals surface area contributed by atoms with Crippen LogP contribution in [0.4, 0.5) is 0 Å². The van der Waals surface area contributed by atoms with E-state index in [2.05, 4.69) is 4.98 Å². The quantitative estimate of drug-likeness (QED) is 0.362. The molecule has 1 aliphatic rings. The van der Waals surface area contributed by atoms with E-state index in [0.29, 0.717) is 18.9 Å². The molecular weight excluding hydrogens is 458 g/mol. The summed E-state index contributed by atoms with van der Waals surface area (Å²) in [5.41, 5.74) is 4.99. The molecule has 36 heavy (non-hydrogen) atoms. The minimum absolute atomic E-state index is 0.0147. The molecular formula is C29H35NO6. The van der Waals surface area contributed by atoms with Crippen molar-refractivity contribution in [3.05, 3.63) is 76.7 Å². The van der Waals surface area contributed by atoms with E-state index in [1.807, 2.05) is 69.3 Å². The smallest absolute Gasteiger partial charge is 0.335 e. The third-order valence-corrected chi connectivity index (χ3v) is 6.52. The molecule has 3 atom stereocenters. The van der Waals surface area contributed by atoms with Crippen LogP contribution in [0, 0.1) is 20.8 Å². The van der Waals surface area contributed by atoms with Gasteiger partial charge in [0, 0.05) is 5.56 Å². The van der Waals surface area contributed by atoms with Gasteiger partial charge in [-0.05, 0) is 64.2 Å². The lowest BCUT2D eigenvalue weighted by Gasteiger charge is -2.29. The van der Waals surface area contributed by atoms with Crippen molar-refractivity contribution >= 4 is 5.97 Å². The lowest BCUT2D eigenvalue weighted by atomic mass is 9.95. The predicted molar refractivity (Wildman–Crippen MR) is 136 cm³/mol. The number of oxazole rings is 1. The molecule has 1 N–H and O–H groups in total. The van der Waals surface area contributed by atoms with Crippen LogP contribution in [0.1, 0.15) is 53.8 Å². The van der Waals surface area contributed by atoms with Crippen molar-refractivity contribution in [1.29, 1.82) is 0 Å². The minimum atomic E-state index is -1.02. The maximum Gasteiger partial charge on any atom is 0.335 e. The van der Waals surface area contributed by atoms with Crippen LogP contribution in [0.3, 0.4) is 0 Å². The van der Waals surface area contributed by atoms with Gasteiger partial charge < -0.3 is 23.7 Å². The van der Waals surface area contributed by atoms with Crippen molar-refractivity contribution in [3.63, 3.8) is 0 Å². The van der Waals surface area contributed by atoms with Crippen LogP contribution >= 0.6 is 0 Å². The van der Waals surface area contributed by atoms with E-state index in [-0.39, 0.29) is 25.4 Å². The maximum atomic E-state index is 11.7. The molecule has 1 aromatic heterocycles. The first kappa shape index (κ1) is 26.1. The van der Waals surface area contributed by atoms with E-state index < -0.39 is 12.1 Å². The first-order valence-corrected chi connectivity index (χ1v) is 12.5. The number of carboxylic acids is 1. The molecule has 0 radical (unpaired) electrons. The monoisotopic (exact) mass is 493 g/mol. The van der Waals surface area contributed by atoms with Crippen LogP contribution < -0.4 is 0 Å². The van der Waals surface area contributed by atoms with Crippen molar-refractivity contribution in [2.75, 3.05) is 6.61 Å². The van der Waals surface area contributed by atoms with Crippen LogP contribution in [0.5, 0.6) is 0 Å². The fourth-order valence-electron chi connectivity index (χ4n) is 4.36. The predicted octanol–water partition coefficient (Wildman–Crippen LogP) is 5.78. The van der Waals surface area contributed by atoms with Gasteiger partial charge in [-0.3, -0.25) is 0 Å². The molecule has 0 spiro atoms. The topological polar surface area (TPSA) is 91.0 Å². The number of benzene rings is 2. The Morgan fingerprint density at radius 2 is 1.78 bits per heavy atom. The fourth-order valence-corrected chi connectivity index (χ4v) is 4.36. The number of hydrogen-bond acceptors (Lipinski definition) is 6. The molecule has 1 unspecified atom stereocenters. The number of aliphatic carboxylic acids is 1. The molecule has 0 amide bonds. The van der Waals surface area contributed by atoms with E-state index in [1.54, 1.807) is 0 Å². The van der Waals surface area contributed by atoms with Crippen LogP contribution in [-0.4, -0.2) is 41.0 Å². The van der Waals surface area contributed by atoms with E-state index in [0.717, 1.165) is 53.0 Å². The first-order chi connectivity index (χ1) is 17.4. The summed E-state index contributed by atoms with van der Waals surface area (Å²) in [6.45, 7) is 6.57. The van der Waals surface area contributed by atoms with Crippen molar-refractivity contribution in [2.45, 2.75) is 78.0 Å². The summed E-state index contributed by atoms with van der Waals surface area (Å²) >= 11 is 0. The lowest BCUT2D eigenvalue weighted by molar-refractivity contribution is -0.159. The van der Waals surface area contributed by atoms with Gasteiger partial charge >= 0.3 is 5.97 Å². The van der Waals surface area contributed by atoms with E-state index in [4.69, 9.17) is 18.6 Å². The van der Waals surface area contributed by atoms with E-state index in [1.165, 1.54) is 0 Å². The Morgan fingerprint density at radius 3 is 2.50 bits per heavy atom. The van der Waals surface area contributed by atoms with Crippen LogP contribution in [-0.2, 0) is 32.2 Å². The molecule has 1 aliphatic carbocycles. The molecule has 0 saturated heterocycles.